The first kappa shape index (κ1) is 17.8. The van der Waals surface area contributed by atoms with Crippen LogP contribution < -0.4 is 16.2 Å². The highest BCUT2D eigenvalue weighted by Crippen LogP contribution is 2.22. The van der Waals surface area contributed by atoms with E-state index in [-0.39, 0.29) is 34.7 Å². The predicted octanol–water partition coefficient (Wildman–Crippen LogP) is -0.246. The molecule has 0 radical (unpaired) electrons. The first-order valence-electron chi connectivity index (χ1n) is 5.69. The predicted molar refractivity (Wildman–Crippen MR) is 82.5 cm³/mol. The highest BCUT2D eigenvalue weighted by molar-refractivity contribution is 7.89. The maximum Gasteiger partial charge on any atom is 0.243 e. The summed E-state index contributed by atoms with van der Waals surface area (Å²) in [6, 6.07) is 4.15. The first-order chi connectivity index (χ1) is 9.74. The van der Waals surface area contributed by atoms with Gasteiger partial charge in [0, 0.05) is 12.1 Å². The van der Waals surface area contributed by atoms with Crippen LogP contribution in [0.1, 0.15) is 5.56 Å². The highest BCUT2D eigenvalue weighted by Gasteiger charge is 2.18. The summed E-state index contributed by atoms with van der Waals surface area (Å²) < 4.78 is 31.2. The average Bonchev–Trinajstić information content (AvgIpc) is 2.37. The van der Waals surface area contributed by atoms with E-state index in [2.05, 4.69) is 4.72 Å². The van der Waals surface area contributed by atoms with Gasteiger partial charge in [-0.25, -0.2) is 13.1 Å². The molecule has 0 bridgehead atoms. The Morgan fingerprint density at radius 1 is 1.38 bits per heavy atom. The van der Waals surface area contributed by atoms with Crippen molar-refractivity contribution in [2.75, 3.05) is 19.8 Å². The van der Waals surface area contributed by atoms with E-state index in [1.54, 1.807) is 0 Å². The molecular weight excluding hydrogens is 338 g/mol. The summed E-state index contributed by atoms with van der Waals surface area (Å²) in [5, 5.41) is 0.00542. The van der Waals surface area contributed by atoms with E-state index in [0.717, 1.165) is 0 Å². The molecule has 0 atom stereocenters. The van der Waals surface area contributed by atoms with Crippen LogP contribution >= 0.6 is 23.8 Å². The fraction of sp³-hybridized carbons (Fsp3) is 0.273. The molecule has 1 amide bonds. The highest BCUT2D eigenvalue weighted by atomic mass is 35.5. The molecule has 0 aliphatic heterocycles. The molecule has 10 heteroatoms. The van der Waals surface area contributed by atoms with E-state index < -0.39 is 15.9 Å². The number of nitrogens with one attached hydrogen (secondary N) is 1. The second kappa shape index (κ2) is 7.66. The molecule has 0 spiro atoms. The zero-order valence-electron chi connectivity index (χ0n) is 10.8. The average molecular weight is 352 g/mol. The summed E-state index contributed by atoms with van der Waals surface area (Å²) in [6.07, 6.45) is 0. The Kier molecular flexibility index (Phi) is 6.49. The van der Waals surface area contributed by atoms with E-state index in [1.807, 2.05) is 0 Å². The molecule has 0 fully saturated rings. The quantitative estimate of drug-likeness (QED) is 0.438. The summed E-state index contributed by atoms with van der Waals surface area (Å²) in [7, 11) is -3.80. The number of thiocarbonyl (C=S) groups is 1. The molecule has 0 saturated heterocycles. The molecule has 0 unspecified atom stereocenters. The van der Waals surface area contributed by atoms with Crippen molar-refractivity contribution in [2.45, 2.75) is 4.90 Å². The number of carbonyl (C=O) groups excluding carboxylic acids is 1. The Labute approximate surface area is 132 Å². The number of benzene rings is 1. The van der Waals surface area contributed by atoms with Gasteiger partial charge < -0.3 is 16.2 Å². The van der Waals surface area contributed by atoms with E-state index >= 15 is 0 Å². The van der Waals surface area contributed by atoms with Crippen molar-refractivity contribution < 1.29 is 17.9 Å². The van der Waals surface area contributed by atoms with Gasteiger partial charge in [-0.05, 0) is 12.1 Å². The van der Waals surface area contributed by atoms with Gasteiger partial charge in [0.05, 0.1) is 11.6 Å². The lowest BCUT2D eigenvalue weighted by Gasteiger charge is -2.09. The van der Waals surface area contributed by atoms with Gasteiger partial charge in [0.2, 0.25) is 15.9 Å². The number of nitrogens with two attached hydrogens (primary N) is 2. The van der Waals surface area contributed by atoms with Crippen LogP contribution in [-0.2, 0) is 19.6 Å². The van der Waals surface area contributed by atoms with Crippen molar-refractivity contribution in [3.05, 3.63) is 28.8 Å². The molecule has 1 rings (SSSR count). The Morgan fingerprint density at radius 2 is 2.05 bits per heavy atom. The van der Waals surface area contributed by atoms with Crippen LogP contribution in [0.15, 0.2) is 23.1 Å². The Bertz CT molecular complexity index is 649. The maximum absolute atomic E-state index is 12.0. The number of hydrogen-bond donors (Lipinski definition) is 3. The topological polar surface area (TPSA) is 125 Å². The van der Waals surface area contributed by atoms with Crippen LogP contribution in [0.2, 0.25) is 5.02 Å². The Balaban J connectivity index is 2.70. The molecule has 7 nitrogen and oxygen atoms in total. The van der Waals surface area contributed by atoms with Gasteiger partial charge in [0.25, 0.3) is 0 Å². The molecule has 0 aliphatic rings. The molecule has 0 aromatic heterocycles. The number of carbonyl (C=O) groups is 1. The first-order valence-corrected chi connectivity index (χ1v) is 7.96. The van der Waals surface area contributed by atoms with Gasteiger partial charge in [-0.15, -0.1) is 0 Å². The van der Waals surface area contributed by atoms with Crippen molar-refractivity contribution in [3.8, 4) is 0 Å². The molecule has 0 aliphatic carbocycles. The lowest BCUT2D eigenvalue weighted by atomic mass is 10.2. The molecule has 1 aromatic carbocycles. The van der Waals surface area contributed by atoms with E-state index in [1.165, 1.54) is 18.2 Å². The standard InChI is InChI=1S/C11H14ClN3O4S2/c12-8-5-7(11(14)20)1-2-9(8)21(17,18)15-3-4-19-6-10(13)16/h1-2,5,15H,3-4,6H2,(H2,13,16)(H2,14,20). The van der Waals surface area contributed by atoms with Crippen molar-refractivity contribution in [1.29, 1.82) is 0 Å². The summed E-state index contributed by atoms with van der Waals surface area (Å²) in [4.78, 5) is 10.5. The van der Waals surface area contributed by atoms with Crippen LogP contribution in [0.25, 0.3) is 0 Å². The number of rotatable bonds is 8. The summed E-state index contributed by atoms with van der Waals surface area (Å²) in [5.41, 5.74) is 10.8. The molecular formula is C11H14ClN3O4S2. The van der Waals surface area contributed by atoms with Gasteiger partial charge >= 0.3 is 0 Å². The second-order valence-corrected chi connectivity index (χ2v) is 6.51. The minimum atomic E-state index is -3.80. The van der Waals surface area contributed by atoms with Crippen molar-refractivity contribution in [3.63, 3.8) is 0 Å². The van der Waals surface area contributed by atoms with Crippen molar-refractivity contribution in [1.82, 2.24) is 4.72 Å². The van der Waals surface area contributed by atoms with Gasteiger partial charge in [-0.1, -0.05) is 29.9 Å². The number of amides is 1. The summed E-state index contributed by atoms with van der Waals surface area (Å²) in [6.45, 7) is -0.293. The minimum absolute atomic E-state index is 0.00472. The lowest BCUT2D eigenvalue weighted by molar-refractivity contribution is -0.122. The molecule has 116 valence electrons. The van der Waals surface area contributed by atoms with Crippen LogP contribution in [0, 0.1) is 0 Å². The molecule has 21 heavy (non-hydrogen) atoms. The number of sulfonamides is 1. The maximum atomic E-state index is 12.0. The lowest BCUT2D eigenvalue weighted by Crippen LogP contribution is -2.29. The third-order valence-electron chi connectivity index (χ3n) is 2.29. The summed E-state index contributed by atoms with van der Waals surface area (Å²) in [5.74, 6) is -0.630. The second-order valence-electron chi connectivity index (χ2n) is 3.93. The Hall–Kier alpha value is -1.26. The van der Waals surface area contributed by atoms with Crippen LogP contribution in [0.5, 0.6) is 0 Å². The van der Waals surface area contributed by atoms with Crippen LogP contribution in [0.3, 0.4) is 0 Å². The normalized spacial score (nSPS) is 11.3. The minimum Gasteiger partial charge on any atom is -0.389 e. The zero-order valence-corrected chi connectivity index (χ0v) is 13.2. The van der Waals surface area contributed by atoms with Crippen molar-refractivity contribution >= 4 is 44.7 Å². The fourth-order valence-corrected chi connectivity index (χ4v) is 3.05. The third kappa shape index (κ3) is 5.56. The zero-order chi connectivity index (χ0) is 16.0. The van der Waals surface area contributed by atoms with Crippen molar-refractivity contribution in [2.24, 2.45) is 11.5 Å². The molecule has 5 N–H and O–H groups in total. The number of hydrogen-bond acceptors (Lipinski definition) is 5. The van der Waals surface area contributed by atoms with Gasteiger partial charge in [-0.3, -0.25) is 4.79 Å². The van der Waals surface area contributed by atoms with Gasteiger partial charge in [0.1, 0.15) is 16.5 Å². The van der Waals surface area contributed by atoms with Gasteiger partial charge in [0.15, 0.2) is 0 Å². The number of halogens is 1. The number of primary amides is 1. The molecule has 0 saturated carbocycles. The SMILES string of the molecule is NC(=O)COCCNS(=O)(=O)c1ccc(C(N)=S)cc1Cl. The van der Waals surface area contributed by atoms with Gasteiger partial charge in [-0.2, -0.15) is 0 Å². The largest absolute Gasteiger partial charge is 0.389 e. The van der Waals surface area contributed by atoms with E-state index in [4.69, 9.17) is 40.0 Å². The Morgan fingerprint density at radius 3 is 2.57 bits per heavy atom. The monoisotopic (exact) mass is 351 g/mol. The number of ether oxygens (including phenoxy) is 1. The molecule has 0 heterocycles. The smallest absolute Gasteiger partial charge is 0.243 e. The molecule has 1 aromatic rings. The van der Waals surface area contributed by atoms with E-state index in [0.29, 0.717) is 5.56 Å². The van der Waals surface area contributed by atoms with Crippen LogP contribution in [0.4, 0.5) is 0 Å². The van der Waals surface area contributed by atoms with E-state index in [9.17, 15) is 13.2 Å². The summed E-state index contributed by atoms with van der Waals surface area (Å²) >= 11 is 10.7. The van der Waals surface area contributed by atoms with Crippen LogP contribution in [-0.4, -0.2) is 39.1 Å². The fourth-order valence-electron chi connectivity index (χ4n) is 1.37. The third-order valence-corrected chi connectivity index (χ3v) is 4.47.